The first-order valence-electron chi connectivity index (χ1n) is 10.4. The molecule has 3 nitrogen and oxygen atoms in total. The maximum Gasteiger partial charge on any atom is 0.275 e. The Labute approximate surface area is 165 Å². The number of carbonyl (C=O) groups excluding carboxylic acids is 1. The van der Waals surface area contributed by atoms with Crippen molar-refractivity contribution >= 4 is 17.2 Å². The minimum atomic E-state index is -0.0385. The number of nitrogens with one attached hydrogen (secondary N) is 1. The fourth-order valence-electron chi connectivity index (χ4n) is 6.38. The Bertz CT molecular complexity index is 751. The Hall–Kier alpha value is -1.65. The number of thiophene rings is 1. The van der Waals surface area contributed by atoms with Crippen molar-refractivity contribution in [3.8, 4) is 0 Å². The van der Waals surface area contributed by atoms with Crippen molar-refractivity contribution in [1.82, 2.24) is 5.32 Å². The van der Waals surface area contributed by atoms with Crippen molar-refractivity contribution in [3.05, 3.63) is 58.3 Å². The summed E-state index contributed by atoms with van der Waals surface area (Å²) >= 11 is 1.71. The van der Waals surface area contributed by atoms with Crippen LogP contribution in [0.3, 0.4) is 0 Å². The summed E-state index contributed by atoms with van der Waals surface area (Å²) in [6.07, 6.45) is 8.35. The van der Waals surface area contributed by atoms with Crippen LogP contribution in [0.5, 0.6) is 0 Å². The van der Waals surface area contributed by atoms with Gasteiger partial charge < -0.3 is 10.6 Å². The van der Waals surface area contributed by atoms with Gasteiger partial charge in [-0.25, -0.2) is 0 Å². The molecule has 3 N–H and O–H groups in total. The van der Waals surface area contributed by atoms with Crippen LogP contribution >= 0.6 is 11.3 Å². The summed E-state index contributed by atoms with van der Waals surface area (Å²) < 4.78 is 0. The second kappa shape index (κ2) is 7.06. The highest BCUT2D eigenvalue weighted by Gasteiger charge is 2.53. The average Bonchev–Trinajstić information content (AvgIpc) is 3.19. The summed E-state index contributed by atoms with van der Waals surface area (Å²) in [7, 11) is 0. The molecule has 0 saturated heterocycles. The third-order valence-corrected chi connectivity index (χ3v) is 8.01. The predicted molar refractivity (Wildman–Crippen MR) is 108 cm³/mol. The molecule has 6 rings (SSSR count). The summed E-state index contributed by atoms with van der Waals surface area (Å²) in [5.74, 6) is 2.95. The Morgan fingerprint density at radius 1 is 1.04 bits per heavy atom. The SMILES string of the molecule is O=C(C[NH2+]C12CC3CC(CC(C3)C1)C2)N[C@@H](c1ccccc1)c1cccs1. The van der Waals surface area contributed by atoms with E-state index in [1.807, 2.05) is 18.2 Å². The molecule has 0 spiro atoms. The van der Waals surface area contributed by atoms with Gasteiger partial charge in [0.2, 0.25) is 0 Å². The van der Waals surface area contributed by atoms with Crippen LogP contribution in [0.15, 0.2) is 47.8 Å². The molecule has 142 valence electrons. The predicted octanol–water partition coefficient (Wildman–Crippen LogP) is 3.49. The van der Waals surface area contributed by atoms with Crippen LogP contribution in [0, 0.1) is 17.8 Å². The third-order valence-electron chi connectivity index (χ3n) is 7.07. The first kappa shape index (κ1) is 17.4. The number of benzene rings is 1. The van der Waals surface area contributed by atoms with Crippen LogP contribution in [-0.4, -0.2) is 18.0 Å². The Morgan fingerprint density at radius 2 is 1.70 bits per heavy atom. The fraction of sp³-hybridized carbons (Fsp3) is 0.522. The van der Waals surface area contributed by atoms with Gasteiger partial charge >= 0.3 is 0 Å². The highest BCUT2D eigenvalue weighted by molar-refractivity contribution is 7.10. The number of amides is 1. The van der Waals surface area contributed by atoms with E-state index < -0.39 is 0 Å². The van der Waals surface area contributed by atoms with Gasteiger partial charge in [0, 0.05) is 24.1 Å². The summed E-state index contributed by atoms with van der Waals surface area (Å²) in [5, 5.41) is 7.80. The van der Waals surface area contributed by atoms with Gasteiger partial charge in [-0.2, -0.15) is 0 Å². The average molecular weight is 382 g/mol. The van der Waals surface area contributed by atoms with Crippen LogP contribution < -0.4 is 10.6 Å². The molecule has 2 aromatic rings. The minimum Gasteiger partial charge on any atom is -0.339 e. The maximum atomic E-state index is 12.9. The topological polar surface area (TPSA) is 45.7 Å². The second-order valence-corrected chi connectivity index (χ2v) is 10.1. The Balaban J connectivity index is 1.26. The molecule has 4 aliphatic rings. The summed E-state index contributed by atoms with van der Waals surface area (Å²) in [6, 6.07) is 14.5. The van der Waals surface area contributed by atoms with Crippen molar-refractivity contribution in [2.45, 2.75) is 50.1 Å². The smallest absolute Gasteiger partial charge is 0.275 e. The van der Waals surface area contributed by atoms with Gasteiger partial charge in [0.15, 0.2) is 6.54 Å². The zero-order valence-electron chi connectivity index (χ0n) is 15.8. The lowest BCUT2D eigenvalue weighted by molar-refractivity contribution is -0.730. The van der Waals surface area contributed by atoms with Crippen LogP contribution in [0.2, 0.25) is 0 Å². The van der Waals surface area contributed by atoms with E-state index in [1.165, 1.54) is 43.4 Å². The van der Waals surface area contributed by atoms with Gasteiger partial charge in [-0.1, -0.05) is 36.4 Å². The van der Waals surface area contributed by atoms with E-state index in [-0.39, 0.29) is 11.9 Å². The van der Waals surface area contributed by atoms with E-state index in [0.717, 1.165) is 23.3 Å². The summed E-state index contributed by atoms with van der Waals surface area (Å²) in [6.45, 7) is 0.556. The van der Waals surface area contributed by atoms with Gasteiger partial charge in [0.05, 0.1) is 11.6 Å². The van der Waals surface area contributed by atoms with Crippen molar-refractivity contribution < 1.29 is 10.1 Å². The number of nitrogens with two attached hydrogens (primary N) is 1. The minimum absolute atomic E-state index is 0.0385. The molecule has 4 fully saturated rings. The van der Waals surface area contributed by atoms with E-state index in [9.17, 15) is 4.79 Å². The quantitative estimate of drug-likeness (QED) is 0.791. The van der Waals surface area contributed by atoms with Gasteiger partial charge in [-0.15, -0.1) is 11.3 Å². The molecular formula is C23H29N2OS+. The van der Waals surface area contributed by atoms with Gasteiger partial charge in [-0.05, 0) is 54.0 Å². The van der Waals surface area contributed by atoms with E-state index in [2.05, 4.69) is 40.3 Å². The number of hydrogen-bond donors (Lipinski definition) is 2. The van der Waals surface area contributed by atoms with E-state index in [0.29, 0.717) is 12.1 Å². The van der Waals surface area contributed by atoms with Crippen LogP contribution in [0.25, 0.3) is 0 Å². The summed E-state index contributed by atoms with van der Waals surface area (Å²) in [5.41, 5.74) is 1.51. The molecule has 4 bridgehead atoms. The number of hydrogen-bond acceptors (Lipinski definition) is 2. The highest BCUT2D eigenvalue weighted by Crippen LogP contribution is 2.54. The standard InChI is InChI=1S/C23H28N2OS/c26-21(15-24-23-12-16-9-17(13-23)11-18(10-16)14-23)25-22(20-7-4-8-27-20)19-5-2-1-3-6-19/h1-8,16-18,22,24H,9-15H2,(H,25,26)/p+1/t16?,17?,18?,22-,23?/m0/s1. The molecule has 4 saturated carbocycles. The Morgan fingerprint density at radius 3 is 2.30 bits per heavy atom. The first-order chi connectivity index (χ1) is 13.2. The van der Waals surface area contributed by atoms with Crippen molar-refractivity contribution in [1.29, 1.82) is 0 Å². The lowest BCUT2D eigenvalue weighted by Crippen LogP contribution is -3.00. The normalized spacial score (nSPS) is 32.4. The number of rotatable bonds is 6. The number of carbonyl (C=O) groups is 1. The highest BCUT2D eigenvalue weighted by atomic mass is 32.1. The molecule has 4 aliphatic carbocycles. The van der Waals surface area contributed by atoms with Gasteiger partial charge in [0.25, 0.3) is 5.91 Å². The lowest BCUT2D eigenvalue weighted by Gasteiger charge is -2.54. The van der Waals surface area contributed by atoms with Crippen molar-refractivity contribution in [2.75, 3.05) is 6.54 Å². The van der Waals surface area contributed by atoms with Gasteiger partial charge in [-0.3, -0.25) is 4.79 Å². The molecular weight excluding hydrogens is 352 g/mol. The van der Waals surface area contributed by atoms with Crippen molar-refractivity contribution in [3.63, 3.8) is 0 Å². The second-order valence-electron chi connectivity index (χ2n) is 9.11. The molecule has 0 unspecified atom stereocenters. The molecule has 0 aliphatic heterocycles. The van der Waals surface area contributed by atoms with E-state index in [4.69, 9.17) is 0 Å². The molecule has 4 heteroatoms. The zero-order valence-corrected chi connectivity index (χ0v) is 16.6. The lowest BCUT2D eigenvalue weighted by atomic mass is 9.53. The molecule has 0 radical (unpaired) electrons. The monoisotopic (exact) mass is 381 g/mol. The molecule has 1 heterocycles. The molecule has 1 atom stereocenters. The van der Waals surface area contributed by atoms with E-state index in [1.54, 1.807) is 11.3 Å². The fourth-order valence-corrected chi connectivity index (χ4v) is 7.18. The van der Waals surface area contributed by atoms with Crippen LogP contribution in [-0.2, 0) is 4.79 Å². The molecule has 27 heavy (non-hydrogen) atoms. The van der Waals surface area contributed by atoms with Crippen LogP contribution in [0.4, 0.5) is 0 Å². The largest absolute Gasteiger partial charge is 0.339 e. The molecule has 1 amide bonds. The van der Waals surface area contributed by atoms with Crippen LogP contribution in [0.1, 0.15) is 55.0 Å². The van der Waals surface area contributed by atoms with Gasteiger partial charge in [0.1, 0.15) is 0 Å². The number of quaternary nitrogens is 1. The molecule has 1 aromatic heterocycles. The first-order valence-corrected chi connectivity index (χ1v) is 11.3. The zero-order chi connectivity index (χ0) is 18.3. The maximum absolute atomic E-state index is 12.9. The summed E-state index contributed by atoms with van der Waals surface area (Å²) in [4.78, 5) is 14.1. The van der Waals surface area contributed by atoms with E-state index >= 15 is 0 Å². The third kappa shape index (κ3) is 3.57. The van der Waals surface area contributed by atoms with Crippen molar-refractivity contribution in [2.24, 2.45) is 17.8 Å². The molecule has 1 aromatic carbocycles. The Kier molecular flexibility index (Phi) is 4.57.